The molecule has 3 unspecified atom stereocenters. The van der Waals surface area contributed by atoms with Crippen LogP contribution in [0.1, 0.15) is 33.6 Å². The number of amides is 1. The number of rotatable bonds is 2. The molecule has 0 aromatic rings. The molecule has 3 nitrogen and oxygen atoms in total. The standard InChI is InChI=1S/C14H26N2O/c1-10(2)12-4-5-16(9-12)14(17)13-6-11(3)7-15-8-13/h10-13,15H,4-9H2,1-3H3. The molecule has 17 heavy (non-hydrogen) atoms. The number of hydrogen-bond donors (Lipinski definition) is 1. The molecule has 1 N–H and O–H groups in total. The predicted octanol–water partition coefficient (Wildman–Crippen LogP) is 1.74. The van der Waals surface area contributed by atoms with Crippen molar-refractivity contribution >= 4 is 5.91 Å². The van der Waals surface area contributed by atoms with E-state index in [-0.39, 0.29) is 5.92 Å². The largest absolute Gasteiger partial charge is 0.342 e. The Hall–Kier alpha value is -0.570. The second-order valence-corrected chi connectivity index (χ2v) is 6.27. The quantitative estimate of drug-likeness (QED) is 0.794. The van der Waals surface area contributed by atoms with E-state index in [0.717, 1.165) is 32.6 Å². The van der Waals surface area contributed by atoms with Gasteiger partial charge in [-0.25, -0.2) is 0 Å². The van der Waals surface area contributed by atoms with E-state index >= 15 is 0 Å². The highest BCUT2D eigenvalue weighted by Gasteiger charge is 2.33. The van der Waals surface area contributed by atoms with Gasteiger partial charge in [-0.15, -0.1) is 0 Å². The van der Waals surface area contributed by atoms with Crippen LogP contribution < -0.4 is 5.32 Å². The molecule has 98 valence electrons. The molecule has 2 aliphatic heterocycles. The molecular formula is C14H26N2O. The Bertz CT molecular complexity index is 277. The van der Waals surface area contributed by atoms with Crippen LogP contribution in [0.25, 0.3) is 0 Å². The Balaban J connectivity index is 1.88. The lowest BCUT2D eigenvalue weighted by molar-refractivity contribution is -0.135. The molecule has 2 fully saturated rings. The molecule has 2 rings (SSSR count). The minimum absolute atomic E-state index is 0.227. The number of carbonyl (C=O) groups excluding carboxylic acids is 1. The first-order chi connectivity index (χ1) is 8.08. The van der Waals surface area contributed by atoms with Crippen LogP contribution in [0.3, 0.4) is 0 Å². The lowest BCUT2D eigenvalue weighted by atomic mass is 9.91. The van der Waals surface area contributed by atoms with Crippen LogP contribution in [0.4, 0.5) is 0 Å². The van der Waals surface area contributed by atoms with E-state index in [9.17, 15) is 4.79 Å². The van der Waals surface area contributed by atoms with Crippen molar-refractivity contribution in [3.8, 4) is 0 Å². The van der Waals surface area contributed by atoms with Crippen LogP contribution in [0.2, 0.25) is 0 Å². The summed E-state index contributed by atoms with van der Waals surface area (Å²) in [6.07, 6.45) is 2.26. The molecule has 0 bridgehead atoms. The van der Waals surface area contributed by atoms with Crippen molar-refractivity contribution in [1.29, 1.82) is 0 Å². The summed E-state index contributed by atoms with van der Waals surface area (Å²) in [6.45, 7) is 10.7. The summed E-state index contributed by atoms with van der Waals surface area (Å²) in [6, 6.07) is 0. The van der Waals surface area contributed by atoms with Gasteiger partial charge in [0.1, 0.15) is 0 Å². The van der Waals surface area contributed by atoms with Crippen molar-refractivity contribution in [3.63, 3.8) is 0 Å². The molecule has 1 amide bonds. The number of carbonyl (C=O) groups is 1. The second kappa shape index (κ2) is 5.38. The van der Waals surface area contributed by atoms with E-state index in [1.54, 1.807) is 0 Å². The topological polar surface area (TPSA) is 32.3 Å². The third-order valence-corrected chi connectivity index (χ3v) is 4.40. The molecule has 2 saturated heterocycles. The third-order valence-electron chi connectivity index (χ3n) is 4.40. The number of hydrogen-bond acceptors (Lipinski definition) is 2. The first-order valence-corrected chi connectivity index (χ1v) is 7.07. The van der Waals surface area contributed by atoms with Gasteiger partial charge in [-0.05, 0) is 37.1 Å². The molecule has 3 heteroatoms. The van der Waals surface area contributed by atoms with Gasteiger partial charge in [0.2, 0.25) is 5.91 Å². The van der Waals surface area contributed by atoms with Crippen molar-refractivity contribution in [2.75, 3.05) is 26.2 Å². The number of piperidine rings is 1. The zero-order valence-corrected chi connectivity index (χ0v) is 11.4. The monoisotopic (exact) mass is 238 g/mol. The van der Waals surface area contributed by atoms with Gasteiger partial charge in [-0.1, -0.05) is 20.8 Å². The minimum Gasteiger partial charge on any atom is -0.342 e. The summed E-state index contributed by atoms with van der Waals surface area (Å²) in [4.78, 5) is 14.5. The summed E-state index contributed by atoms with van der Waals surface area (Å²) in [5, 5.41) is 3.38. The molecule has 2 heterocycles. The summed E-state index contributed by atoms with van der Waals surface area (Å²) in [7, 11) is 0. The first kappa shape index (κ1) is 12.9. The average molecular weight is 238 g/mol. The zero-order valence-electron chi connectivity index (χ0n) is 11.4. The van der Waals surface area contributed by atoms with Crippen LogP contribution >= 0.6 is 0 Å². The van der Waals surface area contributed by atoms with E-state index in [0.29, 0.717) is 23.7 Å². The highest BCUT2D eigenvalue weighted by Crippen LogP contribution is 2.26. The van der Waals surface area contributed by atoms with Gasteiger partial charge in [0.15, 0.2) is 0 Å². The van der Waals surface area contributed by atoms with Crippen molar-refractivity contribution in [2.45, 2.75) is 33.6 Å². The van der Waals surface area contributed by atoms with E-state index in [1.807, 2.05) is 0 Å². The Kier molecular flexibility index (Phi) is 4.08. The highest BCUT2D eigenvalue weighted by atomic mass is 16.2. The first-order valence-electron chi connectivity index (χ1n) is 7.07. The van der Waals surface area contributed by atoms with Gasteiger partial charge in [-0.3, -0.25) is 4.79 Å². The highest BCUT2D eigenvalue weighted by molar-refractivity contribution is 5.79. The lowest BCUT2D eigenvalue weighted by Crippen LogP contribution is -2.44. The number of nitrogens with zero attached hydrogens (tertiary/aromatic N) is 1. The lowest BCUT2D eigenvalue weighted by Gasteiger charge is -2.30. The molecule has 0 aromatic carbocycles. The molecule has 0 aliphatic carbocycles. The Labute approximate surface area is 105 Å². The third kappa shape index (κ3) is 3.01. The SMILES string of the molecule is CC1CNCC(C(=O)N2CCC(C(C)C)C2)C1. The second-order valence-electron chi connectivity index (χ2n) is 6.27. The normalized spacial score (nSPS) is 34.4. The van der Waals surface area contributed by atoms with Crippen molar-refractivity contribution in [1.82, 2.24) is 10.2 Å². The Morgan fingerprint density at radius 2 is 2.12 bits per heavy atom. The fourth-order valence-corrected chi connectivity index (χ4v) is 3.13. The van der Waals surface area contributed by atoms with Crippen LogP contribution in [0.15, 0.2) is 0 Å². The fourth-order valence-electron chi connectivity index (χ4n) is 3.13. The van der Waals surface area contributed by atoms with Crippen LogP contribution in [0, 0.1) is 23.7 Å². The van der Waals surface area contributed by atoms with Gasteiger partial charge in [0, 0.05) is 19.6 Å². The smallest absolute Gasteiger partial charge is 0.226 e. The Morgan fingerprint density at radius 1 is 1.35 bits per heavy atom. The zero-order chi connectivity index (χ0) is 12.4. The maximum absolute atomic E-state index is 12.4. The number of nitrogens with one attached hydrogen (secondary N) is 1. The van der Waals surface area contributed by atoms with E-state index in [4.69, 9.17) is 0 Å². The summed E-state index contributed by atoms with van der Waals surface area (Å²) < 4.78 is 0. The minimum atomic E-state index is 0.227. The summed E-state index contributed by atoms with van der Waals surface area (Å²) >= 11 is 0. The molecule has 3 atom stereocenters. The van der Waals surface area contributed by atoms with Crippen molar-refractivity contribution in [2.24, 2.45) is 23.7 Å². The number of likely N-dealkylation sites (tertiary alicyclic amines) is 1. The van der Waals surface area contributed by atoms with Gasteiger partial charge >= 0.3 is 0 Å². The molecule has 0 saturated carbocycles. The predicted molar refractivity (Wildman–Crippen MR) is 69.7 cm³/mol. The van der Waals surface area contributed by atoms with E-state index < -0.39 is 0 Å². The van der Waals surface area contributed by atoms with Crippen LogP contribution in [0.5, 0.6) is 0 Å². The van der Waals surface area contributed by atoms with Gasteiger partial charge < -0.3 is 10.2 Å². The molecular weight excluding hydrogens is 212 g/mol. The molecule has 2 aliphatic rings. The van der Waals surface area contributed by atoms with Crippen LogP contribution in [-0.4, -0.2) is 37.0 Å². The molecule has 0 radical (unpaired) electrons. The maximum Gasteiger partial charge on any atom is 0.226 e. The van der Waals surface area contributed by atoms with Crippen molar-refractivity contribution in [3.05, 3.63) is 0 Å². The van der Waals surface area contributed by atoms with Crippen molar-refractivity contribution < 1.29 is 4.79 Å². The van der Waals surface area contributed by atoms with E-state index in [1.165, 1.54) is 6.42 Å². The fraction of sp³-hybridized carbons (Fsp3) is 0.929. The molecule has 0 spiro atoms. The maximum atomic E-state index is 12.4. The molecule has 0 aromatic heterocycles. The van der Waals surface area contributed by atoms with Gasteiger partial charge in [-0.2, -0.15) is 0 Å². The Morgan fingerprint density at radius 3 is 2.71 bits per heavy atom. The van der Waals surface area contributed by atoms with Crippen LogP contribution in [-0.2, 0) is 4.79 Å². The summed E-state index contributed by atoms with van der Waals surface area (Å²) in [5.41, 5.74) is 0. The van der Waals surface area contributed by atoms with Gasteiger partial charge in [0.25, 0.3) is 0 Å². The average Bonchev–Trinajstić information content (AvgIpc) is 2.77. The van der Waals surface area contributed by atoms with E-state index in [2.05, 4.69) is 31.0 Å². The summed E-state index contributed by atoms with van der Waals surface area (Å²) in [5.74, 6) is 2.68. The van der Waals surface area contributed by atoms with Gasteiger partial charge in [0.05, 0.1) is 5.92 Å².